The van der Waals surface area contributed by atoms with Crippen LogP contribution in [-0.4, -0.2) is 21.4 Å². The van der Waals surface area contributed by atoms with Crippen molar-refractivity contribution in [3.05, 3.63) is 41.9 Å². The third-order valence-corrected chi connectivity index (χ3v) is 3.41. The van der Waals surface area contributed by atoms with Crippen molar-refractivity contribution in [2.45, 2.75) is 11.8 Å². The Morgan fingerprint density at radius 3 is 2.74 bits per heavy atom. The Morgan fingerprint density at radius 2 is 2.21 bits per heavy atom. The maximum absolute atomic E-state index is 13.6. The summed E-state index contributed by atoms with van der Waals surface area (Å²) >= 11 is 0. The molecule has 0 saturated carbocycles. The van der Waals surface area contributed by atoms with Crippen LogP contribution in [0.4, 0.5) is 10.1 Å². The van der Waals surface area contributed by atoms with Crippen molar-refractivity contribution in [2.24, 2.45) is 0 Å². The first-order valence-corrected chi connectivity index (χ1v) is 6.89. The third-order valence-electron chi connectivity index (χ3n) is 2.46. The number of carbonyl (C=O) groups is 1. The summed E-state index contributed by atoms with van der Waals surface area (Å²) in [6, 6.07) is 3.97. The Balaban J connectivity index is 2.21. The molecule has 1 heterocycles. The lowest BCUT2D eigenvalue weighted by Crippen LogP contribution is -2.13. The molecule has 2 rings (SSSR count). The average Bonchev–Trinajstić information content (AvgIpc) is 2.75. The van der Waals surface area contributed by atoms with E-state index in [0.717, 1.165) is 12.5 Å². The molecule has 0 saturated heterocycles. The largest absolute Gasteiger partial charge is 0.448 e. The molecule has 0 spiro atoms. The Labute approximate surface area is 111 Å². The van der Waals surface area contributed by atoms with Crippen LogP contribution < -0.4 is 5.32 Å². The second-order valence-electron chi connectivity index (χ2n) is 3.81. The number of rotatable bonds is 3. The minimum atomic E-state index is -1.41. The predicted octanol–water partition coefficient (Wildman–Crippen LogP) is 2.11. The molecular formula is C12H11FN2O3S. The van der Waals surface area contributed by atoms with Crippen LogP contribution in [0, 0.1) is 12.7 Å². The van der Waals surface area contributed by atoms with Gasteiger partial charge in [-0.1, -0.05) is 0 Å². The quantitative estimate of drug-likeness (QED) is 0.935. The van der Waals surface area contributed by atoms with Crippen LogP contribution in [0.25, 0.3) is 0 Å². The van der Waals surface area contributed by atoms with Crippen LogP contribution in [0.5, 0.6) is 0 Å². The number of carbonyl (C=O) groups excluding carboxylic acids is 1. The minimum Gasteiger partial charge on any atom is -0.448 e. The molecule has 0 aliphatic carbocycles. The SMILES string of the molecule is Cc1ocnc1C(=O)Nc1ccc([S@@](C)=O)c(F)c1. The van der Waals surface area contributed by atoms with Gasteiger partial charge in [0.25, 0.3) is 5.91 Å². The molecule has 1 aromatic heterocycles. The van der Waals surface area contributed by atoms with Gasteiger partial charge >= 0.3 is 0 Å². The Bertz CT molecular complexity index is 654. The monoisotopic (exact) mass is 282 g/mol. The van der Waals surface area contributed by atoms with Crippen LogP contribution in [-0.2, 0) is 10.8 Å². The second kappa shape index (κ2) is 5.31. The summed E-state index contributed by atoms with van der Waals surface area (Å²) < 4.78 is 29.7. The van der Waals surface area contributed by atoms with Gasteiger partial charge in [-0.3, -0.25) is 9.00 Å². The predicted molar refractivity (Wildman–Crippen MR) is 67.9 cm³/mol. The first-order valence-electron chi connectivity index (χ1n) is 5.33. The Hall–Kier alpha value is -2.02. The molecule has 19 heavy (non-hydrogen) atoms. The van der Waals surface area contributed by atoms with E-state index in [9.17, 15) is 13.4 Å². The maximum atomic E-state index is 13.6. The van der Waals surface area contributed by atoms with Crippen molar-refractivity contribution in [2.75, 3.05) is 11.6 Å². The molecule has 100 valence electrons. The zero-order chi connectivity index (χ0) is 14.0. The number of benzene rings is 1. The summed E-state index contributed by atoms with van der Waals surface area (Å²) in [6.45, 7) is 1.60. The zero-order valence-electron chi connectivity index (χ0n) is 10.3. The Kier molecular flexibility index (Phi) is 3.75. The molecule has 1 aromatic carbocycles. The molecule has 5 nitrogen and oxygen atoms in total. The highest BCUT2D eigenvalue weighted by Gasteiger charge is 2.14. The highest BCUT2D eigenvalue weighted by molar-refractivity contribution is 7.84. The van der Waals surface area contributed by atoms with Crippen molar-refractivity contribution in [3.63, 3.8) is 0 Å². The number of aromatic nitrogens is 1. The molecule has 0 aliphatic heterocycles. The normalized spacial score (nSPS) is 12.2. The summed E-state index contributed by atoms with van der Waals surface area (Å²) in [5, 5.41) is 2.49. The van der Waals surface area contributed by atoms with Gasteiger partial charge in [-0.25, -0.2) is 9.37 Å². The molecule has 1 amide bonds. The number of anilines is 1. The van der Waals surface area contributed by atoms with Gasteiger partial charge < -0.3 is 9.73 Å². The van der Waals surface area contributed by atoms with E-state index in [0.29, 0.717) is 5.76 Å². The summed E-state index contributed by atoms with van der Waals surface area (Å²) in [7, 11) is -1.41. The molecule has 7 heteroatoms. The summed E-state index contributed by atoms with van der Waals surface area (Å²) in [5.41, 5.74) is 0.405. The van der Waals surface area contributed by atoms with Crippen molar-refractivity contribution >= 4 is 22.4 Å². The molecule has 0 bridgehead atoms. The molecule has 0 aliphatic rings. The zero-order valence-corrected chi connectivity index (χ0v) is 11.1. The van der Waals surface area contributed by atoms with Crippen LogP contribution in [0.3, 0.4) is 0 Å². The summed E-state index contributed by atoms with van der Waals surface area (Å²) in [5.74, 6) is -0.740. The fraction of sp³-hybridized carbons (Fsp3) is 0.167. The Morgan fingerprint density at radius 1 is 1.47 bits per heavy atom. The van der Waals surface area contributed by atoms with Gasteiger partial charge in [0.2, 0.25) is 0 Å². The van der Waals surface area contributed by atoms with E-state index >= 15 is 0 Å². The molecule has 0 unspecified atom stereocenters. The smallest absolute Gasteiger partial charge is 0.277 e. The fourth-order valence-electron chi connectivity index (χ4n) is 1.53. The molecule has 0 fully saturated rings. The van der Waals surface area contributed by atoms with E-state index in [1.54, 1.807) is 6.92 Å². The lowest BCUT2D eigenvalue weighted by molar-refractivity contribution is 0.102. The van der Waals surface area contributed by atoms with Crippen LogP contribution >= 0.6 is 0 Å². The van der Waals surface area contributed by atoms with Gasteiger partial charge in [0.15, 0.2) is 12.1 Å². The number of halogens is 1. The number of aryl methyl sites for hydroxylation is 1. The number of amides is 1. The van der Waals surface area contributed by atoms with E-state index in [1.165, 1.54) is 18.4 Å². The van der Waals surface area contributed by atoms with Gasteiger partial charge in [-0.2, -0.15) is 0 Å². The van der Waals surface area contributed by atoms with Gasteiger partial charge in [-0.05, 0) is 25.1 Å². The van der Waals surface area contributed by atoms with E-state index < -0.39 is 22.5 Å². The van der Waals surface area contributed by atoms with Gasteiger partial charge in [-0.15, -0.1) is 0 Å². The van der Waals surface area contributed by atoms with Gasteiger partial charge in [0, 0.05) is 11.9 Å². The molecule has 1 atom stereocenters. The first-order chi connectivity index (χ1) is 8.99. The van der Waals surface area contributed by atoms with Crippen molar-refractivity contribution in [1.82, 2.24) is 4.98 Å². The lowest BCUT2D eigenvalue weighted by atomic mass is 10.3. The number of hydrogen-bond donors (Lipinski definition) is 1. The van der Waals surface area contributed by atoms with Gasteiger partial charge in [0.05, 0.1) is 15.7 Å². The summed E-state index contributed by atoms with van der Waals surface area (Å²) in [4.78, 5) is 15.7. The second-order valence-corrected chi connectivity index (χ2v) is 5.16. The molecule has 0 radical (unpaired) electrons. The van der Waals surface area contributed by atoms with Gasteiger partial charge in [0.1, 0.15) is 11.6 Å². The van der Waals surface area contributed by atoms with E-state index in [2.05, 4.69) is 10.3 Å². The standard InChI is InChI=1S/C12H11FN2O3S/c1-7-11(14-6-18-7)12(16)15-8-3-4-10(19(2)17)9(13)5-8/h3-6H,1-2H3,(H,15,16)/t19-/m1/s1. The highest BCUT2D eigenvalue weighted by atomic mass is 32.2. The lowest BCUT2D eigenvalue weighted by Gasteiger charge is -2.05. The topological polar surface area (TPSA) is 72.2 Å². The van der Waals surface area contributed by atoms with E-state index in [4.69, 9.17) is 4.42 Å². The van der Waals surface area contributed by atoms with E-state index in [1.807, 2.05) is 0 Å². The average molecular weight is 282 g/mol. The number of hydrogen-bond acceptors (Lipinski definition) is 4. The van der Waals surface area contributed by atoms with Crippen LogP contribution in [0.1, 0.15) is 16.2 Å². The molecule has 2 aromatic rings. The highest BCUT2D eigenvalue weighted by Crippen LogP contribution is 2.18. The van der Waals surface area contributed by atoms with E-state index in [-0.39, 0.29) is 16.3 Å². The molecular weight excluding hydrogens is 271 g/mol. The number of nitrogens with zero attached hydrogens (tertiary/aromatic N) is 1. The van der Waals surface area contributed by atoms with Crippen LogP contribution in [0.2, 0.25) is 0 Å². The fourth-order valence-corrected chi connectivity index (χ4v) is 2.12. The summed E-state index contributed by atoms with van der Waals surface area (Å²) in [6.07, 6.45) is 2.55. The first kappa shape index (κ1) is 13.4. The molecule has 1 N–H and O–H groups in total. The minimum absolute atomic E-state index is 0.0932. The van der Waals surface area contributed by atoms with Crippen LogP contribution in [0.15, 0.2) is 33.9 Å². The van der Waals surface area contributed by atoms with Crippen molar-refractivity contribution < 1.29 is 17.8 Å². The van der Waals surface area contributed by atoms with Crippen molar-refractivity contribution in [3.8, 4) is 0 Å². The maximum Gasteiger partial charge on any atom is 0.277 e. The van der Waals surface area contributed by atoms with Crippen molar-refractivity contribution in [1.29, 1.82) is 0 Å². The third kappa shape index (κ3) is 2.87. The number of nitrogens with one attached hydrogen (secondary N) is 1. The number of oxazole rings is 1.